The first-order valence-electron chi connectivity index (χ1n) is 7.69. The summed E-state index contributed by atoms with van der Waals surface area (Å²) < 4.78 is 0. The molecule has 2 rings (SSSR count). The van der Waals surface area contributed by atoms with Gasteiger partial charge in [-0.1, -0.05) is 24.9 Å². The quantitative estimate of drug-likeness (QED) is 0.925. The third kappa shape index (κ3) is 4.63. The van der Waals surface area contributed by atoms with Gasteiger partial charge in [0.1, 0.15) is 0 Å². The Morgan fingerprint density at radius 2 is 1.68 bits per heavy atom. The molecule has 5 nitrogen and oxygen atoms in total. The number of benzene rings is 1. The highest BCUT2D eigenvalue weighted by molar-refractivity contribution is 6.30. The van der Waals surface area contributed by atoms with Gasteiger partial charge in [0.15, 0.2) is 0 Å². The lowest BCUT2D eigenvalue weighted by atomic mass is 10.2. The van der Waals surface area contributed by atoms with Crippen LogP contribution in [0.1, 0.15) is 26.2 Å². The third-order valence-corrected chi connectivity index (χ3v) is 4.01. The monoisotopic (exact) mass is 323 g/mol. The molecule has 1 aromatic carbocycles. The molecule has 0 saturated carbocycles. The van der Waals surface area contributed by atoms with Gasteiger partial charge in [0.2, 0.25) is 5.91 Å². The van der Waals surface area contributed by atoms with Crippen molar-refractivity contribution < 1.29 is 9.59 Å². The zero-order valence-electron chi connectivity index (χ0n) is 12.8. The van der Waals surface area contributed by atoms with E-state index in [4.69, 9.17) is 11.6 Å². The molecule has 1 aromatic rings. The standard InChI is InChI=1S/C16H22ClN3O2/c1-2-3-4-15(21)19-9-11-20(12-10-19)16(22)18-14-7-5-13(17)6-8-14/h5-8H,2-4,9-12H2,1H3,(H,18,22). The van der Waals surface area contributed by atoms with Crippen molar-refractivity contribution in [1.29, 1.82) is 0 Å². The molecule has 0 atom stereocenters. The molecule has 1 saturated heterocycles. The summed E-state index contributed by atoms with van der Waals surface area (Å²) in [4.78, 5) is 27.7. The topological polar surface area (TPSA) is 52.7 Å². The lowest BCUT2D eigenvalue weighted by molar-refractivity contribution is -0.132. The average molecular weight is 324 g/mol. The van der Waals surface area contributed by atoms with Gasteiger partial charge in [0, 0.05) is 43.3 Å². The van der Waals surface area contributed by atoms with Gasteiger partial charge >= 0.3 is 6.03 Å². The van der Waals surface area contributed by atoms with Crippen LogP contribution in [0.5, 0.6) is 0 Å². The van der Waals surface area contributed by atoms with Crippen LogP contribution in [0.2, 0.25) is 5.02 Å². The van der Waals surface area contributed by atoms with E-state index >= 15 is 0 Å². The Balaban J connectivity index is 1.79. The Hall–Kier alpha value is -1.75. The predicted molar refractivity (Wildman–Crippen MR) is 88.1 cm³/mol. The number of nitrogens with one attached hydrogen (secondary N) is 1. The minimum Gasteiger partial charge on any atom is -0.339 e. The van der Waals surface area contributed by atoms with E-state index in [0.29, 0.717) is 37.6 Å². The number of hydrogen-bond donors (Lipinski definition) is 1. The number of nitrogens with zero attached hydrogens (tertiary/aromatic N) is 2. The number of urea groups is 1. The smallest absolute Gasteiger partial charge is 0.321 e. The molecule has 0 unspecified atom stereocenters. The fourth-order valence-electron chi connectivity index (χ4n) is 2.38. The lowest BCUT2D eigenvalue weighted by Gasteiger charge is -2.34. The molecule has 22 heavy (non-hydrogen) atoms. The molecule has 0 spiro atoms. The summed E-state index contributed by atoms with van der Waals surface area (Å²) in [5, 5.41) is 3.48. The molecule has 1 aliphatic rings. The van der Waals surface area contributed by atoms with Crippen molar-refractivity contribution in [2.75, 3.05) is 31.5 Å². The highest BCUT2D eigenvalue weighted by Gasteiger charge is 2.23. The predicted octanol–water partition coefficient (Wildman–Crippen LogP) is 3.21. The van der Waals surface area contributed by atoms with Crippen LogP contribution >= 0.6 is 11.6 Å². The maximum absolute atomic E-state index is 12.2. The van der Waals surface area contributed by atoms with Gasteiger partial charge in [-0.25, -0.2) is 4.79 Å². The van der Waals surface area contributed by atoms with Crippen molar-refractivity contribution in [2.24, 2.45) is 0 Å². The maximum Gasteiger partial charge on any atom is 0.321 e. The van der Waals surface area contributed by atoms with Gasteiger partial charge in [0.25, 0.3) is 0 Å². The number of unbranched alkanes of at least 4 members (excludes halogenated alkanes) is 1. The van der Waals surface area contributed by atoms with E-state index in [1.54, 1.807) is 29.2 Å². The van der Waals surface area contributed by atoms with Crippen molar-refractivity contribution in [2.45, 2.75) is 26.2 Å². The normalized spacial score (nSPS) is 14.8. The Morgan fingerprint density at radius 3 is 2.27 bits per heavy atom. The van der Waals surface area contributed by atoms with Gasteiger partial charge in [-0.15, -0.1) is 0 Å². The second-order valence-corrected chi connectivity index (χ2v) is 5.84. The second-order valence-electron chi connectivity index (χ2n) is 5.41. The first-order chi connectivity index (χ1) is 10.6. The van der Waals surface area contributed by atoms with E-state index in [1.165, 1.54) is 0 Å². The molecular weight excluding hydrogens is 302 g/mol. The van der Waals surface area contributed by atoms with E-state index in [-0.39, 0.29) is 11.9 Å². The van der Waals surface area contributed by atoms with E-state index in [0.717, 1.165) is 18.5 Å². The van der Waals surface area contributed by atoms with Gasteiger partial charge in [-0.2, -0.15) is 0 Å². The van der Waals surface area contributed by atoms with Crippen molar-refractivity contribution in [3.05, 3.63) is 29.3 Å². The second kappa shape index (κ2) is 8.03. The van der Waals surface area contributed by atoms with Gasteiger partial charge in [0.05, 0.1) is 0 Å². The van der Waals surface area contributed by atoms with Crippen LogP contribution in [0.25, 0.3) is 0 Å². The average Bonchev–Trinajstić information content (AvgIpc) is 2.55. The minimum atomic E-state index is -0.136. The minimum absolute atomic E-state index is 0.136. The molecular formula is C16H22ClN3O2. The zero-order chi connectivity index (χ0) is 15.9. The molecule has 0 bridgehead atoms. The van der Waals surface area contributed by atoms with E-state index in [9.17, 15) is 9.59 Å². The first kappa shape index (κ1) is 16.6. The number of carbonyl (C=O) groups is 2. The summed E-state index contributed by atoms with van der Waals surface area (Å²) in [6, 6.07) is 6.88. The highest BCUT2D eigenvalue weighted by atomic mass is 35.5. The number of amides is 3. The Labute approximate surface area is 136 Å². The fourth-order valence-corrected chi connectivity index (χ4v) is 2.51. The van der Waals surface area contributed by atoms with Crippen molar-refractivity contribution >= 4 is 29.2 Å². The lowest BCUT2D eigenvalue weighted by Crippen LogP contribution is -2.51. The number of carbonyl (C=O) groups excluding carboxylic acids is 2. The molecule has 6 heteroatoms. The number of anilines is 1. The molecule has 1 N–H and O–H groups in total. The van der Waals surface area contributed by atoms with E-state index in [1.807, 2.05) is 4.90 Å². The number of rotatable bonds is 4. The van der Waals surface area contributed by atoms with Crippen molar-refractivity contribution in [1.82, 2.24) is 9.80 Å². The highest BCUT2D eigenvalue weighted by Crippen LogP contribution is 2.14. The van der Waals surface area contributed by atoms with Crippen LogP contribution in [0.15, 0.2) is 24.3 Å². The number of halogens is 1. The van der Waals surface area contributed by atoms with Crippen LogP contribution in [0.3, 0.4) is 0 Å². The van der Waals surface area contributed by atoms with Gasteiger partial charge < -0.3 is 15.1 Å². The molecule has 1 fully saturated rings. The number of hydrogen-bond acceptors (Lipinski definition) is 2. The summed E-state index contributed by atoms with van der Waals surface area (Å²) in [6.45, 7) is 4.42. The summed E-state index contributed by atoms with van der Waals surface area (Å²) in [5.74, 6) is 0.194. The Kier molecular flexibility index (Phi) is 6.07. The van der Waals surface area contributed by atoms with Crippen molar-refractivity contribution in [3.63, 3.8) is 0 Å². The van der Waals surface area contributed by atoms with Crippen LogP contribution in [0.4, 0.5) is 10.5 Å². The largest absolute Gasteiger partial charge is 0.339 e. The molecule has 3 amide bonds. The Morgan fingerprint density at radius 1 is 1.09 bits per heavy atom. The number of piperazine rings is 1. The molecule has 0 radical (unpaired) electrons. The summed E-state index contributed by atoms with van der Waals surface area (Å²) >= 11 is 5.82. The van der Waals surface area contributed by atoms with Gasteiger partial charge in [-0.05, 0) is 30.7 Å². The summed E-state index contributed by atoms with van der Waals surface area (Å²) in [6.07, 6.45) is 2.55. The molecule has 0 aliphatic carbocycles. The van der Waals surface area contributed by atoms with Crippen LogP contribution in [0, 0.1) is 0 Å². The van der Waals surface area contributed by atoms with Crippen LogP contribution < -0.4 is 5.32 Å². The molecule has 1 aliphatic heterocycles. The summed E-state index contributed by atoms with van der Waals surface area (Å²) in [7, 11) is 0. The molecule has 120 valence electrons. The summed E-state index contributed by atoms with van der Waals surface area (Å²) in [5.41, 5.74) is 0.718. The van der Waals surface area contributed by atoms with E-state index < -0.39 is 0 Å². The third-order valence-electron chi connectivity index (χ3n) is 3.76. The molecule has 1 heterocycles. The maximum atomic E-state index is 12.2. The zero-order valence-corrected chi connectivity index (χ0v) is 13.6. The molecule has 0 aromatic heterocycles. The fraction of sp³-hybridized carbons (Fsp3) is 0.500. The van der Waals surface area contributed by atoms with Gasteiger partial charge in [-0.3, -0.25) is 4.79 Å². The first-order valence-corrected chi connectivity index (χ1v) is 8.07. The SMILES string of the molecule is CCCCC(=O)N1CCN(C(=O)Nc2ccc(Cl)cc2)CC1. The Bertz CT molecular complexity index is 511. The van der Waals surface area contributed by atoms with E-state index in [2.05, 4.69) is 12.2 Å². The van der Waals surface area contributed by atoms with Crippen LogP contribution in [-0.2, 0) is 4.79 Å². The van der Waals surface area contributed by atoms with Crippen molar-refractivity contribution in [3.8, 4) is 0 Å². The van der Waals surface area contributed by atoms with Crippen LogP contribution in [-0.4, -0.2) is 47.9 Å².